The van der Waals surface area contributed by atoms with Gasteiger partial charge in [0.05, 0.1) is 23.9 Å². The van der Waals surface area contributed by atoms with Crippen molar-refractivity contribution in [2.45, 2.75) is 219 Å². The van der Waals surface area contributed by atoms with Crippen molar-refractivity contribution >= 4 is 36.5 Å². The molecule has 1 aliphatic rings. The minimum absolute atomic E-state index is 0.0505. The van der Waals surface area contributed by atoms with E-state index in [0.717, 1.165) is 55.5 Å². The van der Waals surface area contributed by atoms with E-state index in [1.165, 1.54) is 6.08 Å². The fourth-order valence-corrected chi connectivity index (χ4v) is 20.0. The number of hydrogen-bond donors (Lipinski definition) is 1. The summed E-state index contributed by atoms with van der Waals surface area (Å²) in [6.45, 7) is 35.6. The van der Waals surface area contributed by atoms with Crippen LogP contribution in [0.25, 0.3) is 0 Å². The van der Waals surface area contributed by atoms with Crippen LogP contribution in [0.3, 0.4) is 0 Å². The molecule has 1 heterocycles. The van der Waals surface area contributed by atoms with Crippen LogP contribution in [0.5, 0.6) is 0 Å². The predicted octanol–water partition coefficient (Wildman–Crippen LogP) is 11.6. The molecule has 0 radical (unpaired) electrons. The van der Waals surface area contributed by atoms with Gasteiger partial charge in [0.1, 0.15) is 13.8 Å². The van der Waals surface area contributed by atoms with E-state index >= 15 is 0 Å². The zero-order chi connectivity index (χ0) is 40.8. The zero-order valence-electron chi connectivity index (χ0n) is 36.9. The lowest BCUT2D eigenvalue weighted by Crippen LogP contribution is -2.50. The molecular formula is C43H80O7Si3. The number of rotatable bonds is 24. The van der Waals surface area contributed by atoms with Gasteiger partial charge >= 0.3 is 5.97 Å². The number of cyclic esters (lactones) is 1. The standard InChI is InChI=1S/C43H80O7Si3/c1-17-51(18-2,19-3)49-40(36(13)25-26-37(44)29-38(45)30-39-31-41(46)48-42(14,15)47-39)32-43(16,50-52(20-4,21-5)22-6)27-23-24-28-53(33(7)8,34(9)10)35(11)12/h25-26,31,33-36,38,40,45H,17-23,27,29-30,32H2,1-16H3/b26-25+/t36-,38-,40+,43-/m1/s1. The molecule has 4 atom stereocenters. The summed E-state index contributed by atoms with van der Waals surface area (Å²) in [5.41, 5.74) is 5.29. The normalized spacial score (nSPS) is 18.3. The van der Waals surface area contributed by atoms with Gasteiger partial charge in [0.25, 0.3) is 0 Å². The van der Waals surface area contributed by atoms with E-state index in [1.807, 2.05) is 6.08 Å². The van der Waals surface area contributed by atoms with Gasteiger partial charge in [-0.2, -0.15) is 0 Å². The fourth-order valence-electron chi connectivity index (χ4n) is 8.60. The first-order chi connectivity index (χ1) is 24.6. The number of aliphatic hydroxyl groups is 1. The zero-order valence-corrected chi connectivity index (χ0v) is 39.9. The van der Waals surface area contributed by atoms with Gasteiger partial charge in [-0.1, -0.05) is 96.1 Å². The molecule has 0 aromatic heterocycles. The first-order valence-corrected chi connectivity index (χ1v) is 28.3. The van der Waals surface area contributed by atoms with Gasteiger partial charge in [0.15, 0.2) is 22.4 Å². The van der Waals surface area contributed by atoms with Crippen LogP contribution in [0.1, 0.15) is 143 Å². The van der Waals surface area contributed by atoms with Crippen LogP contribution in [0.2, 0.25) is 52.9 Å². The van der Waals surface area contributed by atoms with Gasteiger partial charge in [-0.05, 0) is 78.2 Å². The highest BCUT2D eigenvalue weighted by atomic mass is 28.4. The Kier molecular flexibility index (Phi) is 20.3. The van der Waals surface area contributed by atoms with Crippen LogP contribution in [0.4, 0.5) is 0 Å². The molecule has 1 aliphatic heterocycles. The summed E-state index contributed by atoms with van der Waals surface area (Å²) in [5.74, 6) is 2.20. The predicted molar refractivity (Wildman–Crippen MR) is 229 cm³/mol. The van der Waals surface area contributed by atoms with E-state index in [0.29, 0.717) is 22.4 Å². The molecule has 0 bridgehead atoms. The number of carbonyl (C=O) groups excluding carboxylic acids is 2. The average molecular weight is 793 g/mol. The maximum atomic E-state index is 13.2. The lowest BCUT2D eigenvalue weighted by Gasteiger charge is -2.44. The number of ketones is 1. The maximum absolute atomic E-state index is 13.2. The summed E-state index contributed by atoms with van der Waals surface area (Å²) in [6, 6.07) is 6.32. The summed E-state index contributed by atoms with van der Waals surface area (Å²) in [4.78, 5) is 25.1. The molecule has 0 amide bonds. The van der Waals surface area contributed by atoms with Crippen molar-refractivity contribution in [3.63, 3.8) is 0 Å². The molecule has 1 N–H and O–H groups in total. The van der Waals surface area contributed by atoms with Crippen molar-refractivity contribution in [3.8, 4) is 11.5 Å². The Balaban J connectivity index is 3.48. The number of allylic oxidation sites excluding steroid dienone is 1. The number of aliphatic hydroxyl groups excluding tert-OH is 1. The molecule has 0 saturated heterocycles. The Labute approximate surface area is 329 Å². The summed E-state index contributed by atoms with van der Waals surface area (Å²) in [5, 5.41) is 10.8. The number of hydrogen-bond acceptors (Lipinski definition) is 7. The van der Waals surface area contributed by atoms with Gasteiger partial charge < -0.3 is 23.4 Å². The summed E-state index contributed by atoms with van der Waals surface area (Å²) >= 11 is 0. The molecule has 0 fully saturated rings. The highest BCUT2D eigenvalue weighted by molar-refractivity contribution is 6.90. The lowest BCUT2D eigenvalue weighted by molar-refractivity contribution is -0.206. The van der Waals surface area contributed by atoms with Crippen molar-refractivity contribution in [1.82, 2.24) is 0 Å². The molecule has 0 aromatic rings. The topological polar surface area (TPSA) is 91.3 Å². The van der Waals surface area contributed by atoms with E-state index in [1.54, 1.807) is 19.9 Å². The summed E-state index contributed by atoms with van der Waals surface area (Å²) in [7, 11) is -5.88. The highest BCUT2D eigenvalue weighted by Gasteiger charge is 2.44. The van der Waals surface area contributed by atoms with E-state index < -0.39 is 48.2 Å². The summed E-state index contributed by atoms with van der Waals surface area (Å²) < 4.78 is 25.6. The molecule has 0 unspecified atom stereocenters. The molecule has 1 rings (SSSR count). The average Bonchev–Trinajstić information content (AvgIpc) is 3.06. The van der Waals surface area contributed by atoms with Gasteiger partial charge in [0, 0.05) is 39.5 Å². The van der Waals surface area contributed by atoms with Crippen LogP contribution in [-0.2, 0) is 27.9 Å². The monoisotopic (exact) mass is 793 g/mol. The SMILES string of the molecule is CC[Si](CC)(CC)O[C@@H](C[C@@](C)(CCC#C[Si](C(C)C)(C(C)C)C(C)C)O[Si](CC)(CC)CC)[C@H](C)/C=C/C(=O)C[C@@H](O)CC1=CC(=O)OC(C)(C)O1. The maximum Gasteiger partial charge on any atom is 0.337 e. The number of carbonyl (C=O) groups is 2. The Bertz CT molecular complexity index is 1230. The van der Waals surface area contributed by atoms with Gasteiger partial charge in [0.2, 0.25) is 5.79 Å². The van der Waals surface area contributed by atoms with Crippen molar-refractivity contribution in [2.75, 3.05) is 0 Å². The molecule has 0 aromatic carbocycles. The van der Waals surface area contributed by atoms with E-state index in [9.17, 15) is 14.7 Å². The second-order valence-corrected chi connectivity index (χ2v) is 32.4. The van der Waals surface area contributed by atoms with Crippen LogP contribution in [0, 0.1) is 17.4 Å². The Morgan fingerprint density at radius 2 is 1.40 bits per heavy atom. The quantitative estimate of drug-likeness (QED) is 0.0450. The van der Waals surface area contributed by atoms with Gasteiger partial charge in [-0.3, -0.25) is 4.79 Å². The van der Waals surface area contributed by atoms with Crippen molar-refractivity contribution in [3.05, 3.63) is 24.0 Å². The third-order valence-electron chi connectivity index (χ3n) is 12.4. The van der Waals surface area contributed by atoms with E-state index in [-0.39, 0.29) is 30.6 Å². The van der Waals surface area contributed by atoms with Crippen LogP contribution in [-0.4, -0.2) is 65.2 Å². The minimum Gasteiger partial charge on any atom is -0.457 e. The highest BCUT2D eigenvalue weighted by Crippen LogP contribution is 2.41. The van der Waals surface area contributed by atoms with Crippen LogP contribution >= 0.6 is 0 Å². The lowest BCUT2D eigenvalue weighted by atomic mass is 9.88. The second-order valence-electron chi connectivity index (χ2n) is 17.4. The smallest absolute Gasteiger partial charge is 0.337 e. The van der Waals surface area contributed by atoms with Crippen molar-refractivity contribution in [2.24, 2.45) is 5.92 Å². The summed E-state index contributed by atoms with van der Waals surface area (Å²) in [6.07, 6.45) is 6.04. The molecule has 7 nitrogen and oxygen atoms in total. The Morgan fingerprint density at radius 3 is 1.85 bits per heavy atom. The largest absolute Gasteiger partial charge is 0.457 e. The molecule has 0 spiro atoms. The first kappa shape index (κ1) is 49.5. The van der Waals surface area contributed by atoms with Gasteiger partial charge in [-0.25, -0.2) is 4.79 Å². The third kappa shape index (κ3) is 14.5. The van der Waals surface area contributed by atoms with E-state index in [2.05, 4.69) is 108 Å². The van der Waals surface area contributed by atoms with Gasteiger partial charge in [-0.15, -0.1) is 11.5 Å². The Morgan fingerprint density at radius 1 is 0.887 bits per heavy atom. The van der Waals surface area contributed by atoms with Crippen LogP contribution in [0.15, 0.2) is 24.0 Å². The molecule has 306 valence electrons. The molecule has 53 heavy (non-hydrogen) atoms. The van der Waals surface area contributed by atoms with E-state index in [4.69, 9.17) is 18.3 Å². The number of esters is 1. The number of ether oxygens (including phenoxy) is 2. The van der Waals surface area contributed by atoms with Crippen molar-refractivity contribution < 1.29 is 33.0 Å². The minimum atomic E-state index is -2.04. The van der Waals surface area contributed by atoms with Crippen molar-refractivity contribution in [1.29, 1.82) is 0 Å². The molecule has 0 aliphatic carbocycles. The Hall–Kier alpha value is -1.49. The fraction of sp³-hybridized carbons (Fsp3) is 0.814. The first-order valence-electron chi connectivity index (χ1n) is 21.0. The van der Waals surface area contributed by atoms with Crippen LogP contribution < -0.4 is 0 Å². The molecule has 10 heteroatoms. The molecular weight excluding hydrogens is 713 g/mol. The second kappa shape index (κ2) is 21.7. The third-order valence-corrected chi connectivity index (χ3v) is 28.2. The molecule has 0 saturated carbocycles.